The summed E-state index contributed by atoms with van der Waals surface area (Å²) in [6, 6.07) is 13.3. The van der Waals surface area contributed by atoms with Crippen LogP contribution in [0.4, 0.5) is 11.4 Å². The van der Waals surface area contributed by atoms with Crippen molar-refractivity contribution in [2.75, 3.05) is 25.0 Å². The number of aliphatic imine (C=N–C) groups is 1. The zero-order valence-corrected chi connectivity index (χ0v) is 18.5. The average Bonchev–Trinajstić information content (AvgIpc) is 3.04. The van der Waals surface area contributed by atoms with Crippen molar-refractivity contribution in [3.63, 3.8) is 0 Å². The second-order valence-electron chi connectivity index (χ2n) is 7.76. The molecule has 0 radical (unpaired) electrons. The minimum atomic E-state index is -0.989. The van der Waals surface area contributed by atoms with E-state index in [1.165, 1.54) is 41.6 Å². The maximum Gasteiger partial charge on any atom is 0.336 e. The molecule has 2 saturated heterocycles. The van der Waals surface area contributed by atoms with E-state index < -0.39 is 5.97 Å². The Labute approximate surface area is 186 Å². The van der Waals surface area contributed by atoms with E-state index in [4.69, 9.17) is 0 Å². The molecule has 0 atom stereocenters. The van der Waals surface area contributed by atoms with Gasteiger partial charge in [-0.25, -0.2) is 9.79 Å². The molecule has 0 unspecified atom stereocenters. The molecule has 0 saturated carbocycles. The number of carbonyl (C=O) groups excluding carboxylic acids is 1. The highest BCUT2D eigenvalue weighted by molar-refractivity contribution is 8.18. The van der Waals surface area contributed by atoms with Gasteiger partial charge in [-0.05, 0) is 79.4 Å². The molecule has 0 aliphatic carbocycles. The monoisotopic (exact) mass is 435 g/mol. The van der Waals surface area contributed by atoms with E-state index in [1.807, 2.05) is 18.2 Å². The molecule has 2 aromatic carbocycles. The number of carboxylic acids is 1. The summed E-state index contributed by atoms with van der Waals surface area (Å²) in [4.78, 5) is 33.2. The van der Waals surface area contributed by atoms with Crippen LogP contribution in [0.3, 0.4) is 0 Å². The summed E-state index contributed by atoms with van der Waals surface area (Å²) in [6.45, 7) is 3.93. The number of benzene rings is 2. The highest BCUT2D eigenvalue weighted by Gasteiger charge is 2.30. The summed E-state index contributed by atoms with van der Waals surface area (Å²) in [5, 5.41) is 9.86. The van der Waals surface area contributed by atoms with E-state index in [1.54, 1.807) is 32.2 Å². The Bertz CT molecular complexity index is 1070. The average molecular weight is 436 g/mol. The van der Waals surface area contributed by atoms with Crippen molar-refractivity contribution < 1.29 is 14.7 Å². The molecule has 2 aliphatic heterocycles. The Kier molecular flexibility index (Phi) is 6.13. The molecule has 7 heteroatoms. The molecule has 1 amide bonds. The number of likely N-dealkylation sites (N-methyl/N-ethyl adjacent to an activating group) is 1. The standard InChI is InChI=1S/C24H25N3O3S/c1-16-19(23(29)30)7-6-8-20(16)25-24-26(2)22(28)21(31-24)15-17-9-11-18(12-10-17)27-13-4-3-5-14-27/h6-12,15H,3-5,13-14H2,1-2H3,(H,29,30)/b21-15-,25-24?. The zero-order valence-electron chi connectivity index (χ0n) is 17.7. The molecule has 31 heavy (non-hydrogen) atoms. The van der Waals surface area contributed by atoms with Crippen molar-refractivity contribution in [1.29, 1.82) is 0 Å². The minimum absolute atomic E-state index is 0.115. The molecule has 2 fully saturated rings. The van der Waals surface area contributed by atoms with Gasteiger partial charge in [-0.2, -0.15) is 0 Å². The first-order valence-corrected chi connectivity index (χ1v) is 11.2. The number of rotatable bonds is 4. The summed E-state index contributed by atoms with van der Waals surface area (Å²) in [6.07, 6.45) is 5.66. The van der Waals surface area contributed by atoms with Gasteiger partial charge in [0.1, 0.15) is 0 Å². The Morgan fingerprint density at radius 3 is 2.48 bits per heavy atom. The van der Waals surface area contributed by atoms with E-state index in [2.05, 4.69) is 22.0 Å². The van der Waals surface area contributed by atoms with E-state index in [9.17, 15) is 14.7 Å². The Balaban J connectivity index is 1.55. The lowest BCUT2D eigenvalue weighted by Crippen LogP contribution is -2.29. The molecule has 0 spiro atoms. The van der Waals surface area contributed by atoms with E-state index in [0.29, 0.717) is 21.3 Å². The second kappa shape index (κ2) is 8.98. The molecule has 0 bridgehead atoms. The minimum Gasteiger partial charge on any atom is -0.478 e. The Morgan fingerprint density at radius 2 is 1.81 bits per heavy atom. The lowest BCUT2D eigenvalue weighted by Gasteiger charge is -2.28. The van der Waals surface area contributed by atoms with Gasteiger partial charge in [-0.15, -0.1) is 0 Å². The number of anilines is 1. The maximum absolute atomic E-state index is 12.7. The van der Waals surface area contributed by atoms with E-state index >= 15 is 0 Å². The van der Waals surface area contributed by atoms with Crippen molar-refractivity contribution in [3.8, 4) is 0 Å². The predicted molar refractivity (Wildman–Crippen MR) is 126 cm³/mol. The first-order chi connectivity index (χ1) is 14.9. The molecule has 1 N–H and O–H groups in total. The van der Waals surface area contributed by atoms with Gasteiger partial charge in [0, 0.05) is 25.8 Å². The maximum atomic E-state index is 12.7. The summed E-state index contributed by atoms with van der Waals surface area (Å²) in [5.74, 6) is -1.10. The van der Waals surface area contributed by atoms with Gasteiger partial charge in [0.15, 0.2) is 5.17 Å². The van der Waals surface area contributed by atoms with E-state index in [-0.39, 0.29) is 11.5 Å². The van der Waals surface area contributed by atoms with Crippen LogP contribution < -0.4 is 4.90 Å². The first kappa shape index (κ1) is 21.2. The van der Waals surface area contributed by atoms with Gasteiger partial charge >= 0.3 is 5.97 Å². The van der Waals surface area contributed by atoms with Crippen LogP contribution in [0.2, 0.25) is 0 Å². The van der Waals surface area contributed by atoms with Gasteiger partial charge < -0.3 is 10.0 Å². The summed E-state index contributed by atoms with van der Waals surface area (Å²) in [7, 11) is 1.69. The number of nitrogens with zero attached hydrogens (tertiary/aromatic N) is 3. The van der Waals surface area contributed by atoms with Crippen LogP contribution in [0, 0.1) is 6.92 Å². The fourth-order valence-corrected chi connectivity index (χ4v) is 4.80. The third kappa shape index (κ3) is 4.51. The SMILES string of the molecule is Cc1c(N=C2S/C(=C\c3ccc(N4CCCCC4)cc3)C(=O)N2C)cccc1C(=O)O. The van der Waals surface area contributed by atoms with Gasteiger partial charge in [-0.1, -0.05) is 18.2 Å². The molecule has 2 aliphatic rings. The highest BCUT2D eigenvalue weighted by atomic mass is 32.2. The van der Waals surface area contributed by atoms with Gasteiger partial charge in [0.2, 0.25) is 0 Å². The Hall–Kier alpha value is -3.06. The number of carboxylic acid groups (broad SMARTS) is 1. The number of hydrogen-bond donors (Lipinski definition) is 1. The molecule has 0 aromatic heterocycles. The number of aromatic carboxylic acids is 1. The fourth-order valence-electron chi connectivity index (χ4n) is 3.82. The largest absolute Gasteiger partial charge is 0.478 e. The smallest absolute Gasteiger partial charge is 0.336 e. The molecule has 4 rings (SSSR count). The number of hydrogen-bond acceptors (Lipinski definition) is 5. The van der Waals surface area contributed by atoms with Crippen LogP contribution in [0.15, 0.2) is 52.4 Å². The van der Waals surface area contributed by atoms with Crippen LogP contribution in [-0.4, -0.2) is 47.2 Å². The van der Waals surface area contributed by atoms with Crippen molar-refractivity contribution in [1.82, 2.24) is 4.90 Å². The Morgan fingerprint density at radius 1 is 1.10 bits per heavy atom. The van der Waals surface area contributed by atoms with Crippen molar-refractivity contribution >= 4 is 46.3 Å². The van der Waals surface area contributed by atoms with Crippen molar-refractivity contribution in [3.05, 3.63) is 64.1 Å². The van der Waals surface area contributed by atoms with Crippen LogP contribution in [-0.2, 0) is 4.79 Å². The quantitative estimate of drug-likeness (QED) is 0.690. The molecular formula is C24H25N3O3S. The first-order valence-electron chi connectivity index (χ1n) is 10.4. The van der Waals surface area contributed by atoms with Gasteiger partial charge in [-0.3, -0.25) is 9.69 Å². The van der Waals surface area contributed by atoms with Crippen molar-refractivity contribution in [2.24, 2.45) is 4.99 Å². The second-order valence-corrected chi connectivity index (χ2v) is 8.77. The fraction of sp³-hybridized carbons (Fsp3) is 0.292. The number of thioether (sulfide) groups is 1. The van der Waals surface area contributed by atoms with Gasteiger partial charge in [0.05, 0.1) is 16.2 Å². The lowest BCUT2D eigenvalue weighted by molar-refractivity contribution is -0.121. The third-order valence-electron chi connectivity index (χ3n) is 5.67. The highest BCUT2D eigenvalue weighted by Crippen LogP contribution is 2.34. The molecule has 160 valence electrons. The molecular weight excluding hydrogens is 410 g/mol. The zero-order chi connectivity index (χ0) is 22.0. The van der Waals surface area contributed by atoms with Gasteiger partial charge in [0.25, 0.3) is 5.91 Å². The van der Waals surface area contributed by atoms with E-state index in [0.717, 1.165) is 18.7 Å². The number of piperidine rings is 1. The number of amidine groups is 1. The topological polar surface area (TPSA) is 73.2 Å². The molecule has 6 nitrogen and oxygen atoms in total. The predicted octanol–water partition coefficient (Wildman–Crippen LogP) is 4.92. The van der Waals surface area contributed by atoms with Crippen LogP contribution in [0.5, 0.6) is 0 Å². The third-order valence-corrected chi connectivity index (χ3v) is 6.73. The number of carbonyl (C=O) groups is 2. The lowest BCUT2D eigenvalue weighted by atomic mass is 10.1. The summed E-state index contributed by atoms with van der Waals surface area (Å²) >= 11 is 1.30. The summed E-state index contributed by atoms with van der Waals surface area (Å²) in [5.41, 5.74) is 3.53. The van der Waals surface area contributed by atoms with Crippen LogP contribution >= 0.6 is 11.8 Å². The van der Waals surface area contributed by atoms with Crippen LogP contribution in [0.25, 0.3) is 6.08 Å². The molecule has 2 aromatic rings. The van der Waals surface area contributed by atoms with Crippen molar-refractivity contribution in [2.45, 2.75) is 26.2 Å². The molecule has 2 heterocycles. The summed E-state index contributed by atoms with van der Waals surface area (Å²) < 4.78 is 0. The normalized spacial score (nSPS) is 19.5. The number of amides is 1. The van der Waals surface area contributed by atoms with Crippen LogP contribution in [0.1, 0.15) is 40.7 Å².